The minimum Gasteiger partial charge on any atom is -0.406 e. The summed E-state index contributed by atoms with van der Waals surface area (Å²) in [6.07, 6.45) is -1.50. The fraction of sp³-hybridized carbons (Fsp3) is 0.476. The van der Waals surface area contributed by atoms with Crippen molar-refractivity contribution in [3.05, 3.63) is 41.6 Å². The van der Waals surface area contributed by atoms with E-state index < -0.39 is 6.36 Å². The zero-order valence-corrected chi connectivity index (χ0v) is 18.9. The van der Waals surface area contributed by atoms with E-state index in [-0.39, 0.29) is 36.1 Å². The third-order valence-electron chi connectivity index (χ3n) is 5.04. The molecule has 1 saturated carbocycles. The van der Waals surface area contributed by atoms with Crippen molar-refractivity contribution in [1.82, 2.24) is 15.3 Å². The fourth-order valence-corrected chi connectivity index (χ4v) is 3.49. The molecule has 1 aliphatic rings. The van der Waals surface area contributed by atoms with Gasteiger partial charge in [0.2, 0.25) is 5.95 Å². The lowest BCUT2D eigenvalue weighted by atomic mass is 9.91. The van der Waals surface area contributed by atoms with E-state index in [1.165, 1.54) is 12.1 Å². The van der Waals surface area contributed by atoms with E-state index in [1.807, 2.05) is 32.0 Å². The van der Waals surface area contributed by atoms with Gasteiger partial charge in [0.1, 0.15) is 11.6 Å². The van der Waals surface area contributed by atoms with Crippen molar-refractivity contribution in [2.75, 3.05) is 24.3 Å². The summed E-state index contributed by atoms with van der Waals surface area (Å²) in [6, 6.07) is 7.04. The number of hydrogen-bond donors (Lipinski definition) is 2. The summed E-state index contributed by atoms with van der Waals surface area (Å²) in [6.45, 7) is 1.92. The number of nitrogens with zero attached hydrogens (tertiary/aromatic N) is 3. The molecule has 32 heavy (non-hydrogen) atoms. The Morgan fingerprint density at radius 3 is 2.22 bits per heavy atom. The smallest absolute Gasteiger partial charge is 0.406 e. The average molecular weight is 474 g/mol. The van der Waals surface area contributed by atoms with E-state index in [2.05, 4.69) is 25.3 Å². The summed E-state index contributed by atoms with van der Waals surface area (Å²) < 4.78 is 40.5. The lowest BCUT2D eigenvalue weighted by Crippen LogP contribution is -2.40. The molecule has 3 rings (SSSR count). The molecule has 0 radical (unpaired) electrons. The lowest BCUT2D eigenvalue weighted by molar-refractivity contribution is -0.274. The van der Waals surface area contributed by atoms with Gasteiger partial charge in [-0.1, -0.05) is 0 Å². The number of hydrogen-bond acceptors (Lipinski definition) is 6. The predicted molar refractivity (Wildman–Crippen MR) is 119 cm³/mol. The predicted octanol–water partition coefficient (Wildman–Crippen LogP) is 4.32. The van der Waals surface area contributed by atoms with Crippen LogP contribution in [0.2, 0.25) is 0 Å². The molecule has 0 aliphatic heterocycles. The highest BCUT2D eigenvalue weighted by atomic mass is 35.5. The van der Waals surface area contributed by atoms with Crippen LogP contribution in [0.25, 0.3) is 0 Å². The second kappa shape index (κ2) is 10.7. The molecule has 1 amide bonds. The zero-order valence-electron chi connectivity index (χ0n) is 18.1. The highest BCUT2D eigenvalue weighted by molar-refractivity contribution is 5.94. The van der Waals surface area contributed by atoms with Crippen molar-refractivity contribution in [3.63, 3.8) is 0 Å². The first-order chi connectivity index (χ1) is 14.6. The molecule has 2 N–H and O–H groups in total. The maximum Gasteiger partial charge on any atom is 0.573 e. The van der Waals surface area contributed by atoms with Gasteiger partial charge in [-0.15, -0.1) is 25.6 Å². The van der Waals surface area contributed by atoms with Gasteiger partial charge >= 0.3 is 6.36 Å². The van der Waals surface area contributed by atoms with Gasteiger partial charge in [-0.25, -0.2) is 4.98 Å². The molecular formula is C21H27ClF3N5O2. The molecule has 11 heteroatoms. The second-order valence-corrected chi connectivity index (χ2v) is 7.82. The number of halogens is 4. The third-order valence-corrected chi connectivity index (χ3v) is 5.04. The number of amides is 1. The Hall–Kier alpha value is -2.75. The summed E-state index contributed by atoms with van der Waals surface area (Å²) in [7, 11) is 3.85. The minimum atomic E-state index is -4.76. The number of anilines is 2. The molecule has 0 spiro atoms. The van der Waals surface area contributed by atoms with Gasteiger partial charge in [0.15, 0.2) is 0 Å². The van der Waals surface area contributed by atoms with Gasteiger partial charge in [0.25, 0.3) is 5.91 Å². The Morgan fingerprint density at radius 2 is 1.66 bits per heavy atom. The van der Waals surface area contributed by atoms with E-state index in [4.69, 9.17) is 0 Å². The highest BCUT2D eigenvalue weighted by Gasteiger charge is 2.31. The monoisotopic (exact) mass is 473 g/mol. The number of ether oxygens (including phenoxy) is 1. The molecule has 1 aliphatic carbocycles. The lowest BCUT2D eigenvalue weighted by Gasteiger charge is -2.30. The number of nitrogens with one attached hydrogen (secondary N) is 2. The number of aromatic nitrogens is 2. The standard InChI is InChI=1S/C21H26F3N5O2.ClH/c1-13-12-18(29(2)3)28-20(25-13)27-16-8-6-15(7-9-16)26-19(30)14-4-10-17(11-5-14)31-21(22,23)24;/h4-5,10-12,15-16H,6-9H2,1-3H3,(H,26,30)(H,25,27,28);1H/t15-,16+;. The normalized spacial score (nSPS) is 18.3. The molecule has 0 saturated heterocycles. The van der Waals surface area contributed by atoms with Crippen LogP contribution in [0.15, 0.2) is 30.3 Å². The first-order valence-electron chi connectivity index (χ1n) is 10.1. The average Bonchev–Trinajstić information content (AvgIpc) is 2.68. The van der Waals surface area contributed by atoms with Crippen LogP contribution in [0.4, 0.5) is 24.9 Å². The van der Waals surface area contributed by atoms with Crippen LogP contribution in [-0.4, -0.2) is 48.4 Å². The van der Waals surface area contributed by atoms with Gasteiger partial charge in [-0.3, -0.25) is 4.79 Å². The topological polar surface area (TPSA) is 79.4 Å². The summed E-state index contributed by atoms with van der Waals surface area (Å²) >= 11 is 0. The Balaban J connectivity index is 0.00000363. The van der Waals surface area contributed by atoms with E-state index in [1.54, 1.807) is 0 Å². The maximum atomic E-state index is 12.4. The molecule has 1 fully saturated rings. The van der Waals surface area contributed by atoms with Gasteiger partial charge in [0.05, 0.1) is 0 Å². The van der Waals surface area contributed by atoms with Crippen molar-refractivity contribution in [2.45, 2.75) is 51.1 Å². The molecule has 1 aromatic carbocycles. The van der Waals surface area contributed by atoms with Crippen molar-refractivity contribution in [1.29, 1.82) is 0 Å². The molecule has 2 aromatic rings. The van der Waals surface area contributed by atoms with Crippen LogP contribution >= 0.6 is 12.4 Å². The molecule has 176 valence electrons. The number of carbonyl (C=O) groups is 1. The van der Waals surface area contributed by atoms with Gasteiger partial charge in [-0.05, 0) is 56.9 Å². The quantitative estimate of drug-likeness (QED) is 0.650. The zero-order chi connectivity index (χ0) is 22.6. The summed E-state index contributed by atoms with van der Waals surface area (Å²) in [5.41, 5.74) is 1.17. The van der Waals surface area contributed by atoms with Crippen LogP contribution in [0.1, 0.15) is 41.7 Å². The summed E-state index contributed by atoms with van der Waals surface area (Å²) in [5.74, 6) is 0.763. The van der Waals surface area contributed by atoms with Gasteiger partial charge < -0.3 is 20.3 Å². The first kappa shape index (κ1) is 25.5. The Labute approximate surface area is 191 Å². The molecule has 7 nitrogen and oxygen atoms in total. The number of aryl methyl sites for hydroxylation is 1. The molecule has 0 atom stereocenters. The van der Waals surface area contributed by atoms with Crippen molar-refractivity contribution < 1.29 is 22.7 Å². The van der Waals surface area contributed by atoms with Crippen molar-refractivity contribution >= 4 is 30.1 Å². The largest absolute Gasteiger partial charge is 0.573 e. The molecule has 1 heterocycles. The number of carbonyl (C=O) groups excluding carboxylic acids is 1. The van der Waals surface area contributed by atoms with Gasteiger partial charge in [0, 0.05) is 43.5 Å². The fourth-order valence-electron chi connectivity index (χ4n) is 3.49. The summed E-state index contributed by atoms with van der Waals surface area (Å²) in [4.78, 5) is 23.3. The second-order valence-electron chi connectivity index (χ2n) is 7.82. The third kappa shape index (κ3) is 7.44. The van der Waals surface area contributed by atoms with Crippen LogP contribution in [-0.2, 0) is 0 Å². The number of alkyl halides is 3. The molecule has 1 aromatic heterocycles. The maximum absolute atomic E-state index is 12.4. The SMILES string of the molecule is Cc1cc(N(C)C)nc(N[C@H]2CC[C@@H](NC(=O)c3ccc(OC(F)(F)F)cc3)CC2)n1.Cl. The van der Waals surface area contributed by atoms with Crippen molar-refractivity contribution in [2.24, 2.45) is 0 Å². The molecule has 0 bridgehead atoms. The van der Waals surface area contributed by atoms with E-state index in [0.29, 0.717) is 11.5 Å². The summed E-state index contributed by atoms with van der Waals surface area (Å²) in [5, 5.41) is 6.33. The number of rotatable bonds is 6. The highest BCUT2D eigenvalue weighted by Crippen LogP contribution is 2.24. The molecular weight excluding hydrogens is 447 g/mol. The van der Waals surface area contributed by atoms with Crippen LogP contribution in [0.5, 0.6) is 5.75 Å². The Bertz CT molecular complexity index is 901. The van der Waals surface area contributed by atoms with E-state index >= 15 is 0 Å². The van der Waals surface area contributed by atoms with Gasteiger partial charge in [-0.2, -0.15) is 4.98 Å². The number of benzene rings is 1. The van der Waals surface area contributed by atoms with E-state index in [9.17, 15) is 18.0 Å². The first-order valence-corrected chi connectivity index (χ1v) is 10.1. The molecule has 0 unspecified atom stereocenters. The van der Waals surface area contributed by atoms with E-state index in [0.717, 1.165) is 49.3 Å². The minimum absolute atomic E-state index is 0. The van der Waals surface area contributed by atoms with Crippen molar-refractivity contribution in [3.8, 4) is 5.75 Å². The Kier molecular flexibility index (Phi) is 8.54. The van der Waals surface area contributed by atoms with Crippen LogP contribution in [0, 0.1) is 6.92 Å². The van der Waals surface area contributed by atoms with Crippen LogP contribution in [0.3, 0.4) is 0 Å². The van der Waals surface area contributed by atoms with Crippen LogP contribution < -0.4 is 20.3 Å². The Morgan fingerprint density at radius 1 is 1.06 bits per heavy atom.